The van der Waals surface area contributed by atoms with Gasteiger partial charge in [-0.2, -0.15) is 0 Å². The molecular weight excluding hydrogens is 412 g/mol. The lowest BCUT2D eigenvalue weighted by atomic mass is 10.1. The predicted octanol–water partition coefficient (Wildman–Crippen LogP) is 2.68. The first kappa shape index (κ1) is 21.4. The van der Waals surface area contributed by atoms with Crippen molar-refractivity contribution in [2.75, 3.05) is 19.6 Å². The second-order valence-electron chi connectivity index (χ2n) is 6.36. The Hall–Kier alpha value is -2.33. The SMILES string of the molecule is CCN(CC)[C@H](CNS(=O)(=O)c1cccc(-n2cnnn2)c1)c1ccccc1Cl. The lowest BCUT2D eigenvalue weighted by Crippen LogP contribution is -2.38. The van der Waals surface area contributed by atoms with Gasteiger partial charge in [-0.05, 0) is 53.3 Å². The molecule has 0 unspecified atom stereocenters. The number of benzene rings is 2. The van der Waals surface area contributed by atoms with Crippen LogP contribution in [0.4, 0.5) is 0 Å². The van der Waals surface area contributed by atoms with Crippen LogP contribution in [-0.2, 0) is 10.0 Å². The first-order valence-corrected chi connectivity index (χ1v) is 11.1. The maximum atomic E-state index is 13.0. The normalized spacial score (nSPS) is 13.0. The Balaban J connectivity index is 1.85. The molecule has 8 nitrogen and oxygen atoms in total. The first-order valence-electron chi connectivity index (χ1n) is 9.27. The van der Waals surface area contributed by atoms with E-state index in [0.717, 1.165) is 18.7 Å². The van der Waals surface area contributed by atoms with Crippen LogP contribution in [0.25, 0.3) is 5.69 Å². The maximum absolute atomic E-state index is 13.0. The van der Waals surface area contributed by atoms with E-state index < -0.39 is 10.0 Å². The summed E-state index contributed by atoms with van der Waals surface area (Å²) < 4.78 is 30.0. The number of halogens is 1. The molecule has 0 aliphatic rings. The van der Waals surface area contributed by atoms with Crippen molar-refractivity contribution in [3.05, 3.63) is 65.4 Å². The monoisotopic (exact) mass is 434 g/mol. The molecule has 10 heteroatoms. The molecule has 0 aliphatic carbocycles. The number of sulfonamides is 1. The third kappa shape index (κ3) is 4.99. The van der Waals surface area contributed by atoms with Crippen LogP contribution in [0.2, 0.25) is 5.02 Å². The highest BCUT2D eigenvalue weighted by atomic mass is 35.5. The zero-order valence-corrected chi connectivity index (χ0v) is 17.8. The maximum Gasteiger partial charge on any atom is 0.240 e. The summed E-state index contributed by atoms with van der Waals surface area (Å²) in [5.41, 5.74) is 1.45. The molecule has 0 aliphatic heterocycles. The van der Waals surface area contributed by atoms with Crippen LogP contribution in [0.15, 0.2) is 59.8 Å². The van der Waals surface area contributed by atoms with Crippen molar-refractivity contribution in [1.82, 2.24) is 29.8 Å². The second kappa shape index (κ2) is 9.45. The number of nitrogens with zero attached hydrogens (tertiary/aromatic N) is 5. The van der Waals surface area contributed by atoms with Crippen molar-refractivity contribution in [2.24, 2.45) is 0 Å². The van der Waals surface area contributed by atoms with Crippen LogP contribution < -0.4 is 4.72 Å². The van der Waals surface area contributed by atoms with Crippen molar-refractivity contribution in [3.63, 3.8) is 0 Å². The third-order valence-electron chi connectivity index (χ3n) is 4.73. The van der Waals surface area contributed by atoms with Crippen LogP contribution in [-0.4, -0.2) is 53.2 Å². The molecule has 0 radical (unpaired) electrons. The number of rotatable bonds is 9. The quantitative estimate of drug-likeness (QED) is 0.556. The van der Waals surface area contributed by atoms with Gasteiger partial charge in [0.25, 0.3) is 0 Å². The number of hydrogen-bond acceptors (Lipinski definition) is 6. The molecular formula is C19H23ClN6O2S. The topological polar surface area (TPSA) is 93.0 Å². The van der Waals surface area contributed by atoms with Gasteiger partial charge in [-0.3, -0.25) is 4.90 Å². The molecule has 0 saturated carbocycles. The van der Waals surface area contributed by atoms with Crippen LogP contribution in [0.5, 0.6) is 0 Å². The Labute approximate surface area is 175 Å². The van der Waals surface area contributed by atoms with Gasteiger partial charge in [-0.15, -0.1) is 5.10 Å². The zero-order valence-electron chi connectivity index (χ0n) is 16.2. The molecule has 0 fully saturated rings. The van der Waals surface area contributed by atoms with Crippen LogP contribution in [0.1, 0.15) is 25.5 Å². The van der Waals surface area contributed by atoms with E-state index in [-0.39, 0.29) is 17.5 Å². The van der Waals surface area contributed by atoms with Gasteiger partial charge in [0, 0.05) is 17.6 Å². The molecule has 0 amide bonds. The highest BCUT2D eigenvalue weighted by Crippen LogP contribution is 2.27. The molecule has 3 rings (SSSR count). The Bertz CT molecular complexity index is 1040. The van der Waals surface area contributed by atoms with E-state index in [1.165, 1.54) is 23.1 Å². The minimum Gasteiger partial charge on any atom is -0.296 e. The van der Waals surface area contributed by atoms with Gasteiger partial charge in [0.15, 0.2) is 0 Å². The number of nitrogens with one attached hydrogen (secondary N) is 1. The van der Waals surface area contributed by atoms with Crippen LogP contribution in [0, 0.1) is 0 Å². The van der Waals surface area contributed by atoms with Crippen LogP contribution >= 0.6 is 11.6 Å². The lowest BCUT2D eigenvalue weighted by Gasteiger charge is -2.30. The summed E-state index contributed by atoms with van der Waals surface area (Å²) in [5.74, 6) is 0. The smallest absolute Gasteiger partial charge is 0.240 e. The summed E-state index contributed by atoms with van der Waals surface area (Å²) in [6, 6.07) is 13.8. The van der Waals surface area contributed by atoms with Gasteiger partial charge in [0.05, 0.1) is 10.6 Å². The van der Waals surface area contributed by atoms with Gasteiger partial charge in [-0.25, -0.2) is 17.8 Å². The fraction of sp³-hybridized carbons (Fsp3) is 0.316. The predicted molar refractivity (Wildman–Crippen MR) is 111 cm³/mol. The Morgan fingerprint density at radius 2 is 1.90 bits per heavy atom. The molecule has 3 aromatic rings. The fourth-order valence-electron chi connectivity index (χ4n) is 3.19. The summed E-state index contributed by atoms with van der Waals surface area (Å²) in [7, 11) is -3.74. The van der Waals surface area contributed by atoms with Gasteiger partial charge in [0.1, 0.15) is 6.33 Å². The highest BCUT2D eigenvalue weighted by Gasteiger charge is 2.23. The van der Waals surface area contributed by atoms with Gasteiger partial charge >= 0.3 is 0 Å². The average Bonchev–Trinajstić information content (AvgIpc) is 3.27. The summed E-state index contributed by atoms with van der Waals surface area (Å²) in [5, 5.41) is 11.6. The summed E-state index contributed by atoms with van der Waals surface area (Å²) in [6.45, 7) is 5.81. The second-order valence-corrected chi connectivity index (χ2v) is 8.54. The molecule has 0 bridgehead atoms. The van der Waals surface area contributed by atoms with Gasteiger partial charge < -0.3 is 0 Å². The minimum absolute atomic E-state index is 0.142. The number of likely N-dealkylation sites (N-methyl/N-ethyl adjacent to an activating group) is 1. The molecule has 1 N–H and O–H groups in total. The van der Waals surface area contributed by atoms with E-state index in [4.69, 9.17) is 11.6 Å². The molecule has 1 heterocycles. The minimum atomic E-state index is -3.74. The van der Waals surface area contributed by atoms with E-state index in [9.17, 15) is 8.42 Å². The standard InChI is InChI=1S/C19H23ClN6O2S/c1-3-25(4-2)19(17-10-5-6-11-18(17)20)13-22-29(27,28)16-9-7-8-15(12-16)26-14-21-23-24-26/h5-12,14,19,22H,3-4,13H2,1-2H3/t19-/m1/s1. The Morgan fingerprint density at radius 3 is 2.55 bits per heavy atom. The summed E-state index contributed by atoms with van der Waals surface area (Å²) >= 11 is 6.40. The van der Waals surface area contributed by atoms with E-state index in [0.29, 0.717) is 10.7 Å². The molecule has 2 aromatic carbocycles. The Kier molecular flexibility index (Phi) is 6.96. The highest BCUT2D eigenvalue weighted by molar-refractivity contribution is 7.89. The van der Waals surface area contributed by atoms with Crippen molar-refractivity contribution in [1.29, 1.82) is 0 Å². The molecule has 29 heavy (non-hydrogen) atoms. The lowest BCUT2D eigenvalue weighted by molar-refractivity contribution is 0.220. The van der Waals surface area contributed by atoms with E-state index in [2.05, 4.69) is 25.1 Å². The number of tetrazole rings is 1. The third-order valence-corrected chi connectivity index (χ3v) is 6.49. The van der Waals surface area contributed by atoms with E-state index >= 15 is 0 Å². The van der Waals surface area contributed by atoms with Crippen molar-refractivity contribution < 1.29 is 8.42 Å². The van der Waals surface area contributed by atoms with Crippen molar-refractivity contribution in [2.45, 2.75) is 24.8 Å². The zero-order chi connectivity index (χ0) is 20.9. The van der Waals surface area contributed by atoms with Crippen molar-refractivity contribution >= 4 is 21.6 Å². The molecule has 1 atom stereocenters. The van der Waals surface area contributed by atoms with E-state index in [1.54, 1.807) is 12.1 Å². The molecule has 1 aromatic heterocycles. The van der Waals surface area contributed by atoms with Crippen molar-refractivity contribution in [3.8, 4) is 5.69 Å². The molecule has 0 saturated heterocycles. The number of hydrogen-bond donors (Lipinski definition) is 1. The summed E-state index contributed by atoms with van der Waals surface area (Å²) in [4.78, 5) is 2.31. The molecule has 154 valence electrons. The van der Waals surface area contributed by atoms with Gasteiger partial charge in [0.2, 0.25) is 10.0 Å². The number of aromatic nitrogens is 4. The largest absolute Gasteiger partial charge is 0.296 e. The van der Waals surface area contributed by atoms with E-state index in [1.807, 2.05) is 38.1 Å². The average molecular weight is 435 g/mol. The fourth-order valence-corrected chi connectivity index (χ4v) is 4.53. The first-order chi connectivity index (χ1) is 14.0. The molecule has 0 spiro atoms. The Morgan fingerprint density at radius 1 is 1.14 bits per heavy atom. The summed E-state index contributed by atoms with van der Waals surface area (Å²) in [6.07, 6.45) is 1.41. The van der Waals surface area contributed by atoms with Crippen LogP contribution in [0.3, 0.4) is 0 Å². The van der Waals surface area contributed by atoms with Gasteiger partial charge in [-0.1, -0.05) is 49.7 Å².